The third-order valence-electron chi connectivity index (χ3n) is 4.01. The summed E-state index contributed by atoms with van der Waals surface area (Å²) in [5.74, 6) is -3.09. The third-order valence-corrected chi connectivity index (χ3v) is 4.88. The number of carboxylic acid groups (broad SMARTS) is 1. The summed E-state index contributed by atoms with van der Waals surface area (Å²) in [5.41, 5.74) is 1.71. The smallest absolute Gasteiger partial charge is 0.326 e. The first-order valence-electron chi connectivity index (χ1n) is 7.16. The van der Waals surface area contributed by atoms with Crippen molar-refractivity contribution in [3.63, 3.8) is 0 Å². The van der Waals surface area contributed by atoms with Crippen molar-refractivity contribution in [3.05, 3.63) is 35.4 Å². The predicted octanol–water partition coefficient (Wildman–Crippen LogP) is 1.14. The summed E-state index contributed by atoms with van der Waals surface area (Å²) in [7, 11) is -4.69. The monoisotopic (exact) mass is 343 g/mol. The van der Waals surface area contributed by atoms with E-state index < -0.39 is 39.8 Å². The van der Waals surface area contributed by atoms with Crippen LogP contribution in [0, 0.1) is 12.8 Å². The van der Waals surface area contributed by atoms with Gasteiger partial charge < -0.3 is 10.0 Å². The van der Waals surface area contributed by atoms with E-state index >= 15 is 0 Å². The van der Waals surface area contributed by atoms with Gasteiger partial charge in [0, 0.05) is 25.3 Å². The number of carbonyl (C=O) groups is 2. The Kier molecular flexibility index (Phi) is 5.03. The van der Waals surface area contributed by atoms with Crippen LogP contribution < -0.4 is 0 Å². The van der Waals surface area contributed by atoms with Gasteiger partial charge in [-0.3, -0.25) is 4.79 Å². The van der Waals surface area contributed by atoms with E-state index in [4.69, 9.17) is 0 Å². The van der Waals surface area contributed by atoms with Crippen LogP contribution in [0.15, 0.2) is 24.3 Å². The van der Waals surface area contributed by atoms with Gasteiger partial charge in [-0.15, -0.1) is 3.89 Å². The SMILES string of the molecule is Cc1ccccc1C[C@@H](C(=O)O)N1CC(CS(=O)(=O)F)CC1=O. The van der Waals surface area contributed by atoms with Crippen LogP contribution in [0.1, 0.15) is 17.5 Å². The first kappa shape index (κ1) is 17.4. The number of hydrogen-bond acceptors (Lipinski definition) is 4. The number of benzene rings is 1. The number of amides is 1. The zero-order valence-corrected chi connectivity index (χ0v) is 13.4. The Hall–Kier alpha value is -1.96. The quantitative estimate of drug-likeness (QED) is 0.782. The summed E-state index contributed by atoms with van der Waals surface area (Å²) in [6.45, 7) is 1.78. The van der Waals surface area contributed by atoms with Crippen LogP contribution in [-0.4, -0.2) is 48.6 Å². The summed E-state index contributed by atoms with van der Waals surface area (Å²) in [6.07, 6.45) is -0.0243. The highest BCUT2D eigenvalue weighted by molar-refractivity contribution is 7.86. The van der Waals surface area contributed by atoms with Crippen molar-refractivity contribution in [2.24, 2.45) is 5.92 Å². The fraction of sp³-hybridized carbons (Fsp3) is 0.467. The van der Waals surface area contributed by atoms with Crippen LogP contribution in [-0.2, 0) is 26.2 Å². The van der Waals surface area contributed by atoms with Crippen molar-refractivity contribution in [3.8, 4) is 0 Å². The van der Waals surface area contributed by atoms with Gasteiger partial charge in [-0.2, -0.15) is 8.42 Å². The molecule has 126 valence electrons. The van der Waals surface area contributed by atoms with Gasteiger partial charge in [-0.05, 0) is 18.1 Å². The summed E-state index contributed by atoms with van der Waals surface area (Å²) in [4.78, 5) is 24.7. The zero-order valence-electron chi connectivity index (χ0n) is 12.6. The van der Waals surface area contributed by atoms with Crippen molar-refractivity contribution < 1.29 is 27.0 Å². The molecular formula is C15H18FNO5S. The lowest BCUT2D eigenvalue weighted by Crippen LogP contribution is -2.44. The molecule has 0 spiro atoms. The maximum absolute atomic E-state index is 12.8. The number of aliphatic carboxylic acids is 1. The average Bonchev–Trinajstić information content (AvgIpc) is 2.75. The molecular weight excluding hydrogens is 325 g/mol. The van der Waals surface area contributed by atoms with Crippen LogP contribution >= 0.6 is 0 Å². The molecule has 1 aliphatic rings. The van der Waals surface area contributed by atoms with E-state index in [0.717, 1.165) is 16.0 Å². The van der Waals surface area contributed by atoms with Crippen molar-refractivity contribution in [2.45, 2.75) is 25.8 Å². The number of carboxylic acids is 1. The Morgan fingerprint density at radius 2 is 2.09 bits per heavy atom. The van der Waals surface area contributed by atoms with Crippen LogP contribution in [0.2, 0.25) is 0 Å². The minimum absolute atomic E-state index is 0.0647. The number of carbonyl (C=O) groups excluding carboxylic acids is 1. The molecule has 8 heteroatoms. The largest absolute Gasteiger partial charge is 0.480 e. The maximum Gasteiger partial charge on any atom is 0.326 e. The second-order valence-electron chi connectivity index (χ2n) is 5.81. The van der Waals surface area contributed by atoms with E-state index in [1.807, 2.05) is 19.1 Å². The second-order valence-corrected chi connectivity index (χ2v) is 7.22. The maximum atomic E-state index is 12.8. The van der Waals surface area contributed by atoms with Crippen LogP contribution in [0.5, 0.6) is 0 Å². The van der Waals surface area contributed by atoms with E-state index in [9.17, 15) is 27.0 Å². The molecule has 0 aliphatic carbocycles. The van der Waals surface area contributed by atoms with E-state index in [-0.39, 0.29) is 19.4 Å². The van der Waals surface area contributed by atoms with E-state index in [2.05, 4.69) is 0 Å². The van der Waals surface area contributed by atoms with Crippen molar-refractivity contribution in [2.75, 3.05) is 12.3 Å². The summed E-state index contributed by atoms with van der Waals surface area (Å²) in [5, 5.41) is 9.44. The van der Waals surface area contributed by atoms with Crippen LogP contribution in [0.25, 0.3) is 0 Å². The molecule has 6 nitrogen and oxygen atoms in total. The number of likely N-dealkylation sites (tertiary alicyclic amines) is 1. The molecule has 1 aromatic rings. The molecule has 1 aliphatic heterocycles. The molecule has 1 amide bonds. The van der Waals surface area contributed by atoms with Crippen LogP contribution in [0.4, 0.5) is 3.89 Å². The Labute approximate surface area is 134 Å². The lowest BCUT2D eigenvalue weighted by atomic mass is 10.0. The highest BCUT2D eigenvalue weighted by Crippen LogP contribution is 2.24. The molecule has 1 saturated heterocycles. The highest BCUT2D eigenvalue weighted by Gasteiger charge is 2.39. The van der Waals surface area contributed by atoms with Gasteiger partial charge in [0.25, 0.3) is 0 Å². The molecule has 2 atom stereocenters. The fourth-order valence-electron chi connectivity index (χ4n) is 2.88. The summed E-state index contributed by atoms with van der Waals surface area (Å²) < 4.78 is 34.2. The third kappa shape index (κ3) is 4.51. The molecule has 0 aromatic heterocycles. The zero-order chi connectivity index (χ0) is 17.2. The molecule has 0 radical (unpaired) electrons. The first-order valence-corrected chi connectivity index (χ1v) is 8.71. The van der Waals surface area contributed by atoms with Gasteiger partial charge in [0.1, 0.15) is 6.04 Å². The lowest BCUT2D eigenvalue weighted by molar-refractivity contribution is -0.148. The van der Waals surface area contributed by atoms with Crippen LogP contribution in [0.3, 0.4) is 0 Å². The van der Waals surface area contributed by atoms with Gasteiger partial charge in [-0.1, -0.05) is 24.3 Å². The van der Waals surface area contributed by atoms with Gasteiger partial charge in [0.2, 0.25) is 5.91 Å². The number of hydrogen-bond donors (Lipinski definition) is 1. The predicted molar refractivity (Wildman–Crippen MR) is 81.0 cm³/mol. The minimum atomic E-state index is -4.69. The Morgan fingerprint density at radius 1 is 1.43 bits per heavy atom. The standard InChI is InChI=1S/C15H18FNO5S/c1-10-4-2-3-5-12(10)7-13(15(19)20)17-8-11(6-14(17)18)9-23(16,21)22/h2-5,11,13H,6-9H2,1H3,(H,19,20)/t11?,13-/m0/s1. The Morgan fingerprint density at radius 3 is 2.65 bits per heavy atom. The molecule has 1 N–H and O–H groups in total. The van der Waals surface area contributed by atoms with E-state index in [1.165, 1.54) is 0 Å². The minimum Gasteiger partial charge on any atom is -0.480 e. The summed E-state index contributed by atoms with van der Waals surface area (Å²) >= 11 is 0. The molecule has 1 aromatic carbocycles. The number of halogens is 1. The van der Waals surface area contributed by atoms with Gasteiger partial charge in [-0.25, -0.2) is 4.79 Å². The highest BCUT2D eigenvalue weighted by atomic mass is 32.3. The lowest BCUT2D eigenvalue weighted by Gasteiger charge is -2.25. The van der Waals surface area contributed by atoms with Gasteiger partial charge in [0.05, 0.1) is 5.75 Å². The van der Waals surface area contributed by atoms with E-state index in [1.54, 1.807) is 12.1 Å². The van der Waals surface area contributed by atoms with Crippen molar-refractivity contribution in [1.82, 2.24) is 4.90 Å². The number of rotatable bonds is 6. The second kappa shape index (κ2) is 6.66. The first-order chi connectivity index (χ1) is 10.7. The van der Waals surface area contributed by atoms with E-state index in [0.29, 0.717) is 0 Å². The van der Waals surface area contributed by atoms with Gasteiger partial charge >= 0.3 is 16.2 Å². The van der Waals surface area contributed by atoms with Crippen molar-refractivity contribution >= 4 is 22.1 Å². The van der Waals surface area contributed by atoms with Gasteiger partial charge in [0.15, 0.2) is 0 Å². The molecule has 0 saturated carbocycles. The average molecular weight is 343 g/mol. The number of aryl methyl sites for hydroxylation is 1. The Balaban J connectivity index is 2.17. The molecule has 2 rings (SSSR count). The molecule has 1 unspecified atom stereocenters. The summed E-state index contributed by atoms with van der Waals surface area (Å²) in [6, 6.07) is 6.16. The number of nitrogens with zero attached hydrogens (tertiary/aromatic N) is 1. The van der Waals surface area contributed by atoms with Crippen molar-refractivity contribution in [1.29, 1.82) is 0 Å². The Bertz CT molecular complexity index is 718. The molecule has 1 heterocycles. The topological polar surface area (TPSA) is 91.8 Å². The fourth-order valence-corrected chi connectivity index (χ4v) is 3.67. The molecule has 23 heavy (non-hydrogen) atoms. The molecule has 1 fully saturated rings. The molecule has 0 bridgehead atoms. The normalized spacial score (nSPS) is 19.8.